The fourth-order valence-corrected chi connectivity index (χ4v) is 1.98. The number of aryl methyl sites for hydroxylation is 1. The van der Waals surface area contributed by atoms with Crippen molar-refractivity contribution in [2.45, 2.75) is 0 Å². The van der Waals surface area contributed by atoms with Crippen LogP contribution in [0.3, 0.4) is 0 Å². The number of benzene rings is 1. The van der Waals surface area contributed by atoms with E-state index in [0.717, 1.165) is 0 Å². The predicted molar refractivity (Wildman–Crippen MR) is 71.6 cm³/mol. The maximum atomic E-state index is 12.3. The summed E-state index contributed by atoms with van der Waals surface area (Å²) in [6.45, 7) is 0. The van der Waals surface area contributed by atoms with Gasteiger partial charge in [-0.1, -0.05) is 23.7 Å². The fraction of sp³-hybridized carbons (Fsp3) is 0.143. The number of esters is 1. The molecule has 0 N–H and O–H groups in total. The third kappa shape index (κ3) is 2.69. The predicted octanol–water partition coefficient (Wildman–Crippen LogP) is 2.70. The van der Waals surface area contributed by atoms with Gasteiger partial charge in [0, 0.05) is 29.4 Å². The summed E-state index contributed by atoms with van der Waals surface area (Å²) >= 11 is 5.85. The lowest BCUT2D eigenvalue weighted by Gasteiger charge is -1.98. The summed E-state index contributed by atoms with van der Waals surface area (Å²) < 4.78 is 6.20. The number of hydrogen-bond acceptors (Lipinski definition) is 3. The van der Waals surface area contributed by atoms with Crippen LogP contribution in [-0.4, -0.2) is 23.4 Å². The van der Waals surface area contributed by atoms with Gasteiger partial charge >= 0.3 is 5.97 Å². The van der Waals surface area contributed by atoms with Crippen LogP contribution in [0.2, 0.25) is 5.02 Å². The van der Waals surface area contributed by atoms with Gasteiger partial charge in [-0.05, 0) is 18.2 Å². The molecule has 0 aliphatic rings. The molecule has 1 heterocycles. The molecule has 0 radical (unpaired) electrons. The van der Waals surface area contributed by atoms with E-state index >= 15 is 0 Å². The van der Waals surface area contributed by atoms with Crippen molar-refractivity contribution < 1.29 is 14.3 Å². The van der Waals surface area contributed by atoms with E-state index in [1.54, 1.807) is 42.1 Å². The van der Waals surface area contributed by atoms with Crippen LogP contribution in [-0.2, 0) is 11.8 Å². The summed E-state index contributed by atoms with van der Waals surface area (Å²) in [7, 11) is 2.98. The molecule has 98 valence electrons. The van der Waals surface area contributed by atoms with E-state index in [1.807, 2.05) is 0 Å². The Kier molecular flexibility index (Phi) is 3.71. The molecule has 0 aliphatic carbocycles. The highest BCUT2D eigenvalue weighted by Gasteiger charge is 2.17. The minimum Gasteiger partial charge on any atom is -0.464 e. The van der Waals surface area contributed by atoms with Crippen molar-refractivity contribution in [2.24, 2.45) is 7.05 Å². The standard InChI is InChI=1S/C14H12ClNO3/c1-16-8-10(7-12(16)14(18)19-2)13(17)9-4-3-5-11(15)6-9/h3-8H,1-2H3. The van der Waals surface area contributed by atoms with E-state index in [1.165, 1.54) is 13.2 Å². The molecule has 0 fully saturated rings. The summed E-state index contributed by atoms with van der Waals surface area (Å²) in [6.07, 6.45) is 1.59. The van der Waals surface area contributed by atoms with Crippen LogP contribution in [0.25, 0.3) is 0 Å². The number of methoxy groups -OCH3 is 1. The molecule has 0 aliphatic heterocycles. The smallest absolute Gasteiger partial charge is 0.354 e. The largest absolute Gasteiger partial charge is 0.464 e. The Morgan fingerprint density at radius 2 is 1.95 bits per heavy atom. The number of carbonyl (C=O) groups excluding carboxylic acids is 2. The van der Waals surface area contributed by atoms with Gasteiger partial charge in [-0.3, -0.25) is 4.79 Å². The summed E-state index contributed by atoms with van der Waals surface area (Å²) in [5.41, 5.74) is 1.23. The van der Waals surface area contributed by atoms with Gasteiger partial charge < -0.3 is 9.30 Å². The topological polar surface area (TPSA) is 48.3 Å². The maximum Gasteiger partial charge on any atom is 0.354 e. The molecule has 0 saturated carbocycles. The van der Waals surface area contributed by atoms with Gasteiger partial charge in [0.15, 0.2) is 5.78 Å². The molecule has 1 aromatic carbocycles. The van der Waals surface area contributed by atoms with E-state index in [0.29, 0.717) is 21.8 Å². The number of ketones is 1. The fourth-order valence-electron chi connectivity index (χ4n) is 1.79. The quantitative estimate of drug-likeness (QED) is 0.640. The SMILES string of the molecule is COC(=O)c1cc(C(=O)c2cccc(Cl)c2)cn1C. The van der Waals surface area contributed by atoms with Gasteiger partial charge in [0.25, 0.3) is 0 Å². The third-order valence-electron chi connectivity index (χ3n) is 2.75. The molecule has 4 nitrogen and oxygen atoms in total. The number of ether oxygens (including phenoxy) is 1. The zero-order valence-corrected chi connectivity index (χ0v) is 11.3. The van der Waals surface area contributed by atoms with Gasteiger partial charge in [-0.25, -0.2) is 4.79 Å². The number of hydrogen-bond donors (Lipinski definition) is 0. The first-order valence-electron chi connectivity index (χ1n) is 5.58. The minimum atomic E-state index is -0.479. The molecule has 2 aromatic rings. The van der Waals surface area contributed by atoms with E-state index in [-0.39, 0.29) is 5.78 Å². The van der Waals surface area contributed by atoms with Crippen LogP contribution in [0.15, 0.2) is 36.5 Å². The molecule has 19 heavy (non-hydrogen) atoms. The average Bonchev–Trinajstić information content (AvgIpc) is 2.79. The zero-order chi connectivity index (χ0) is 14.0. The third-order valence-corrected chi connectivity index (χ3v) is 2.98. The van der Waals surface area contributed by atoms with Crippen molar-refractivity contribution in [3.63, 3.8) is 0 Å². The number of nitrogens with zero attached hydrogens (tertiary/aromatic N) is 1. The van der Waals surface area contributed by atoms with E-state index in [4.69, 9.17) is 11.6 Å². The Morgan fingerprint density at radius 1 is 1.21 bits per heavy atom. The van der Waals surface area contributed by atoms with Gasteiger partial charge in [-0.15, -0.1) is 0 Å². The second-order valence-corrected chi connectivity index (χ2v) is 4.49. The lowest BCUT2D eigenvalue weighted by atomic mass is 10.1. The molecule has 0 spiro atoms. The van der Waals surface area contributed by atoms with Crippen molar-refractivity contribution in [1.82, 2.24) is 4.57 Å². The monoisotopic (exact) mass is 277 g/mol. The van der Waals surface area contributed by atoms with E-state index < -0.39 is 5.97 Å². The first-order chi connectivity index (χ1) is 9.02. The molecular formula is C14H12ClNO3. The van der Waals surface area contributed by atoms with Crippen molar-refractivity contribution in [3.8, 4) is 0 Å². The van der Waals surface area contributed by atoms with Gasteiger partial charge in [-0.2, -0.15) is 0 Å². The molecular weight excluding hydrogens is 266 g/mol. The highest BCUT2D eigenvalue weighted by molar-refractivity contribution is 6.31. The number of rotatable bonds is 3. The lowest BCUT2D eigenvalue weighted by Crippen LogP contribution is -2.06. The second kappa shape index (κ2) is 5.28. The first-order valence-corrected chi connectivity index (χ1v) is 5.95. The summed E-state index contributed by atoms with van der Waals surface area (Å²) in [4.78, 5) is 23.7. The zero-order valence-electron chi connectivity index (χ0n) is 10.5. The molecule has 0 unspecified atom stereocenters. The number of aromatic nitrogens is 1. The Bertz CT molecular complexity index is 646. The van der Waals surface area contributed by atoms with Crippen molar-refractivity contribution in [1.29, 1.82) is 0 Å². The minimum absolute atomic E-state index is 0.187. The van der Waals surface area contributed by atoms with Crippen LogP contribution in [0.4, 0.5) is 0 Å². The molecule has 2 rings (SSSR count). The van der Waals surface area contributed by atoms with Crippen LogP contribution in [0.5, 0.6) is 0 Å². The normalized spacial score (nSPS) is 10.3. The van der Waals surface area contributed by atoms with Gasteiger partial charge in [0.05, 0.1) is 7.11 Å². The molecule has 1 aromatic heterocycles. The van der Waals surface area contributed by atoms with Crippen molar-refractivity contribution in [3.05, 3.63) is 58.4 Å². The summed E-state index contributed by atoms with van der Waals surface area (Å²) in [6, 6.07) is 8.19. The van der Waals surface area contributed by atoms with E-state index in [9.17, 15) is 9.59 Å². The first kappa shape index (κ1) is 13.4. The Labute approximate surface area is 115 Å². The molecule has 0 saturated heterocycles. The molecule has 0 atom stereocenters. The highest BCUT2D eigenvalue weighted by Crippen LogP contribution is 2.17. The van der Waals surface area contributed by atoms with Crippen molar-refractivity contribution >= 4 is 23.4 Å². The van der Waals surface area contributed by atoms with Crippen LogP contribution in [0, 0.1) is 0 Å². The van der Waals surface area contributed by atoms with Gasteiger partial charge in [0.2, 0.25) is 0 Å². The highest BCUT2D eigenvalue weighted by atomic mass is 35.5. The lowest BCUT2D eigenvalue weighted by molar-refractivity contribution is 0.0590. The maximum absolute atomic E-state index is 12.3. The van der Waals surface area contributed by atoms with Crippen LogP contribution >= 0.6 is 11.6 Å². The Hall–Kier alpha value is -2.07. The van der Waals surface area contributed by atoms with E-state index in [2.05, 4.69) is 4.74 Å². The Balaban J connectivity index is 2.38. The summed E-state index contributed by atoms with van der Waals surface area (Å²) in [5, 5.41) is 0.495. The average molecular weight is 278 g/mol. The summed E-state index contributed by atoms with van der Waals surface area (Å²) in [5.74, 6) is -0.666. The number of carbonyl (C=O) groups is 2. The van der Waals surface area contributed by atoms with Crippen LogP contribution < -0.4 is 0 Å². The van der Waals surface area contributed by atoms with Gasteiger partial charge in [0.1, 0.15) is 5.69 Å². The second-order valence-electron chi connectivity index (χ2n) is 4.06. The Morgan fingerprint density at radius 3 is 2.58 bits per heavy atom. The molecule has 5 heteroatoms. The molecule has 0 bridgehead atoms. The van der Waals surface area contributed by atoms with Crippen LogP contribution in [0.1, 0.15) is 26.4 Å². The number of halogens is 1. The van der Waals surface area contributed by atoms with Crippen molar-refractivity contribution in [2.75, 3.05) is 7.11 Å². The molecule has 0 amide bonds.